The number of amides is 1. The Bertz CT molecular complexity index is 459. The Labute approximate surface area is 117 Å². The second-order valence-corrected chi connectivity index (χ2v) is 5.04. The molecule has 8 heteroatoms. The predicted molar refractivity (Wildman–Crippen MR) is 74.5 cm³/mol. The smallest absolute Gasteiger partial charge is 0.321 e. The number of rotatable bonds is 5. The average molecular weight is 291 g/mol. The highest BCUT2D eigenvalue weighted by Gasteiger charge is 2.24. The zero-order valence-electron chi connectivity index (χ0n) is 11.2. The maximum absolute atomic E-state index is 12.0. The minimum absolute atomic E-state index is 0. The number of carbonyl (C=O) groups is 1. The molecule has 0 aliphatic heterocycles. The van der Waals surface area contributed by atoms with Crippen molar-refractivity contribution in [2.45, 2.75) is 13.8 Å². The molecule has 1 aromatic rings. The molecule has 0 saturated heterocycles. The summed E-state index contributed by atoms with van der Waals surface area (Å²) >= 11 is 0. The molecule has 7 nitrogen and oxygen atoms in total. The molecule has 3 N–H and O–H groups in total. The van der Waals surface area contributed by atoms with Gasteiger partial charge in [0.1, 0.15) is 0 Å². The molecule has 1 amide bonds. The van der Waals surface area contributed by atoms with Crippen molar-refractivity contribution < 1.29 is 9.72 Å². The molecule has 0 radical (unpaired) electrons. The number of H-pyrrole nitrogens is 1. The highest BCUT2D eigenvalue weighted by molar-refractivity contribution is 5.92. The fourth-order valence-corrected chi connectivity index (χ4v) is 1.60. The van der Waals surface area contributed by atoms with Gasteiger partial charge in [-0.05, 0) is 22.9 Å². The van der Waals surface area contributed by atoms with E-state index in [1.54, 1.807) is 7.05 Å². The highest BCUT2D eigenvalue weighted by atomic mass is 35.5. The molecule has 1 rings (SSSR count). The van der Waals surface area contributed by atoms with Crippen LogP contribution in [0, 0.1) is 15.5 Å². The van der Waals surface area contributed by atoms with E-state index < -0.39 is 4.92 Å². The number of nitro groups is 1. The average Bonchev–Trinajstić information content (AvgIpc) is 2.76. The van der Waals surface area contributed by atoms with Gasteiger partial charge in [0.25, 0.3) is 5.91 Å². The standard InChI is InChI=1S/C11H18N4O3.ClH/c1-11(2,6-12)7-14(3)10(16)8-4-5-9(13-8)15(17)18;/h4-5,13H,6-7,12H2,1-3H3;1H. The summed E-state index contributed by atoms with van der Waals surface area (Å²) in [4.78, 5) is 25.9. The summed E-state index contributed by atoms with van der Waals surface area (Å²) in [6.45, 7) is 4.84. The number of nitrogens with one attached hydrogen (secondary N) is 1. The van der Waals surface area contributed by atoms with E-state index in [9.17, 15) is 14.9 Å². The van der Waals surface area contributed by atoms with Gasteiger partial charge >= 0.3 is 5.82 Å². The van der Waals surface area contributed by atoms with Crippen LogP contribution in [0.4, 0.5) is 5.82 Å². The van der Waals surface area contributed by atoms with Crippen molar-refractivity contribution >= 4 is 24.1 Å². The van der Waals surface area contributed by atoms with Crippen LogP contribution in [0.1, 0.15) is 24.3 Å². The van der Waals surface area contributed by atoms with Crippen LogP contribution in [0.25, 0.3) is 0 Å². The third-order valence-corrected chi connectivity index (χ3v) is 2.66. The lowest BCUT2D eigenvalue weighted by Crippen LogP contribution is -2.39. The lowest BCUT2D eigenvalue weighted by Gasteiger charge is -2.28. The zero-order valence-corrected chi connectivity index (χ0v) is 12.0. The van der Waals surface area contributed by atoms with Gasteiger partial charge in [-0.1, -0.05) is 13.8 Å². The Morgan fingerprint density at radius 2 is 2.11 bits per heavy atom. The zero-order chi connectivity index (χ0) is 13.9. The van der Waals surface area contributed by atoms with Crippen molar-refractivity contribution in [2.24, 2.45) is 11.1 Å². The van der Waals surface area contributed by atoms with Crippen LogP contribution in [0.3, 0.4) is 0 Å². The molecular formula is C11H19ClN4O3. The molecule has 1 heterocycles. The van der Waals surface area contributed by atoms with Gasteiger partial charge in [-0.3, -0.25) is 4.79 Å². The van der Waals surface area contributed by atoms with Crippen LogP contribution in [0.2, 0.25) is 0 Å². The molecule has 108 valence electrons. The first-order chi connectivity index (χ1) is 8.26. The van der Waals surface area contributed by atoms with Crippen molar-refractivity contribution in [1.82, 2.24) is 9.88 Å². The monoisotopic (exact) mass is 290 g/mol. The first-order valence-electron chi connectivity index (χ1n) is 5.56. The van der Waals surface area contributed by atoms with Crippen molar-refractivity contribution in [3.63, 3.8) is 0 Å². The van der Waals surface area contributed by atoms with Gasteiger partial charge in [-0.2, -0.15) is 0 Å². The molecule has 0 bridgehead atoms. The van der Waals surface area contributed by atoms with Gasteiger partial charge in [0.05, 0.1) is 0 Å². The number of nitrogens with two attached hydrogens (primary N) is 1. The lowest BCUT2D eigenvalue weighted by molar-refractivity contribution is -0.389. The lowest BCUT2D eigenvalue weighted by atomic mass is 9.93. The number of aromatic amines is 1. The fourth-order valence-electron chi connectivity index (χ4n) is 1.60. The molecule has 0 spiro atoms. The summed E-state index contributed by atoms with van der Waals surface area (Å²) in [6, 6.07) is 2.68. The van der Waals surface area contributed by atoms with Crippen molar-refractivity contribution in [2.75, 3.05) is 20.1 Å². The van der Waals surface area contributed by atoms with E-state index in [2.05, 4.69) is 4.98 Å². The maximum Gasteiger partial charge on any atom is 0.321 e. The highest BCUT2D eigenvalue weighted by Crippen LogP contribution is 2.16. The van der Waals surface area contributed by atoms with Crippen LogP contribution in [0.15, 0.2) is 12.1 Å². The van der Waals surface area contributed by atoms with Crippen molar-refractivity contribution in [3.05, 3.63) is 27.9 Å². The summed E-state index contributed by atoms with van der Waals surface area (Å²) in [6.07, 6.45) is 0. The number of halogens is 1. The normalized spacial score (nSPS) is 10.7. The molecule has 19 heavy (non-hydrogen) atoms. The van der Waals surface area contributed by atoms with E-state index >= 15 is 0 Å². The molecule has 1 aromatic heterocycles. The van der Waals surface area contributed by atoms with Gasteiger partial charge in [-0.25, -0.2) is 4.98 Å². The van der Waals surface area contributed by atoms with E-state index in [0.29, 0.717) is 13.1 Å². The Kier molecular flexibility index (Phi) is 5.98. The number of nitrogens with zero attached hydrogens (tertiary/aromatic N) is 2. The molecule has 0 aliphatic carbocycles. The van der Waals surface area contributed by atoms with Crippen molar-refractivity contribution in [1.29, 1.82) is 0 Å². The number of aromatic nitrogens is 1. The van der Waals surface area contributed by atoms with Crippen molar-refractivity contribution in [3.8, 4) is 0 Å². The Morgan fingerprint density at radius 3 is 2.53 bits per heavy atom. The Balaban J connectivity index is 0.00000324. The van der Waals surface area contributed by atoms with Gasteiger partial charge in [0.2, 0.25) is 0 Å². The van der Waals surface area contributed by atoms with Crippen LogP contribution in [0.5, 0.6) is 0 Å². The molecule has 0 unspecified atom stereocenters. The van der Waals surface area contributed by atoms with E-state index in [1.807, 2.05) is 13.8 Å². The number of hydrogen-bond donors (Lipinski definition) is 2. The largest absolute Gasteiger partial charge is 0.358 e. The molecule has 0 atom stereocenters. The molecule has 0 fully saturated rings. The molecule has 0 aromatic carbocycles. The summed E-state index contributed by atoms with van der Waals surface area (Å²) in [7, 11) is 1.65. The van der Waals surface area contributed by atoms with Crippen LogP contribution in [-0.4, -0.2) is 40.9 Å². The number of hydrogen-bond acceptors (Lipinski definition) is 4. The third-order valence-electron chi connectivity index (χ3n) is 2.66. The maximum atomic E-state index is 12.0. The second-order valence-electron chi connectivity index (χ2n) is 5.04. The fraction of sp³-hybridized carbons (Fsp3) is 0.545. The minimum atomic E-state index is -0.569. The van der Waals surface area contributed by atoms with Crippen LogP contribution < -0.4 is 5.73 Å². The van der Waals surface area contributed by atoms with Gasteiger partial charge in [0.15, 0.2) is 5.69 Å². The summed E-state index contributed by atoms with van der Waals surface area (Å²) in [5.74, 6) is -0.477. The molecule has 0 saturated carbocycles. The van der Waals surface area contributed by atoms with Gasteiger partial charge < -0.3 is 20.7 Å². The van der Waals surface area contributed by atoms with E-state index in [1.165, 1.54) is 17.0 Å². The van der Waals surface area contributed by atoms with Gasteiger partial charge in [0, 0.05) is 19.7 Å². The quantitative estimate of drug-likeness (QED) is 0.631. The minimum Gasteiger partial charge on any atom is -0.358 e. The molecule has 0 aliphatic rings. The van der Waals surface area contributed by atoms with Crippen LogP contribution in [-0.2, 0) is 0 Å². The Morgan fingerprint density at radius 1 is 1.53 bits per heavy atom. The summed E-state index contributed by atoms with van der Waals surface area (Å²) in [5, 5.41) is 10.5. The second kappa shape index (κ2) is 6.53. The summed E-state index contributed by atoms with van der Waals surface area (Å²) in [5.41, 5.74) is 5.62. The first-order valence-corrected chi connectivity index (χ1v) is 5.56. The topological polar surface area (TPSA) is 105 Å². The number of carbonyl (C=O) groups excluding carboxylic acids is 1. The summed E-state index contributed by atoms with van der Waals surface area (Å²) < 4.78 is 0. The Hall–Kier alpha value is -1.60. The van der Waals surface area contributed by atoms with E-state index in [0.717, 1.165) is 0 Å². The van der Waals surface area contributed by atoms with E-state index in [4.69, 9.17) is 5.73 Å². The third kappa shape index (κ3) is 4.53. The SMILES string of the molecule is CN(CC(C)(C)CN)C(=O)c1ccc([N+](=O)[O-])[nH]1.Cl. The predicted octanol–water partition coefficient (Wildman–Crippen LogP) is 1.40. The van der Waals surface area contributed by atoms with Crippen LogP contribution >= 0.6 is 12.4 Å². The first kappa shape index (κ1) is 17.4. The molecular weight excluding hydrogens is 272 g/mol. The van der Waals surface area contributed by atoms with Gasteiger partial charge in [-0.15, -0.1) is 12.4 Å². The van der Waals surface area contributed by atoms with E-state index in [-0.39, 0.29) is 35.2 Å².